The second-order valence-corrected chi connectivity index (χ2v) is 9.57. The van der Waals surface area contributed by atoms with Crippen LogP contribution in [0.1, 0.15) is 56.3 Å². The van der Waals surface area contributed by atoms with Crippen molar-refractivity contribution in [3.63, 3.8) is 0 Å². The first kappa shape index (κ1) is 32.3. The molecule has 0 spiro atoms. The van der Waals surface area contributed by atoms with Crippen LogP contribution in [0, 0.1) is 5.92 Å². The largest absolute Gasteiger partial charge is 0.479 e. The van der Waals surface area contributed by atoms with E-state index in [1.54, 1.807) is 6.92 Å². The van der Waals surface area contributed by atoms with Gasteiger partial charge >= 0.3 is 5.97 Å². The fourth-order valence-corrected chi connectivity index (χ4v) is 4.11. The van der Waals surface area contributed by atoms with Crippen molar-refractivity contribution < 1.29 is 50.6 Å². The van der Waals surface area contributed by atoms with Crippen LogP contribution in [-0.4, -0.2) is 121 Å². The Bertz CT molecular complexity index is 954. The second kappa shape index (κ2) is 12.2. The number of aliphatic hydroxyl groups excluding tert-OH is 2. The molecule has 0 aromatic carbocycles. The maximum Gasteiger partial charge on any atom is 0.343 e. The lowest BCUT2D eigenvalue weighted by atomic mass is 9.65. The standard InChI is InChI=1S/C24H41N3O10/c1-11-12(2)24(16(30)13(3)25-8,27(10)18(32)15(5)29)20(34)22(6,26(9)17(31)14(4)28)19(33)23(7,37)21(35)36/h12-15,25,28-29,37H,11H2,1-10H3,(H,35,36)/t12-,13-,14-,15+,22-,23-,24+/m0/s1/i10D. The van der Waals surface area contributed by atoms with Crippen LogP contribution in [0.4, 0.5) is 0 Å². The topological polar surface area (TPSA) is 202 Å². The molecule has 212 valence electrons. The summed E-state index contributed by atoms with van der Waals surface area (Å²) in [6, 6.07) is -1.18. The Morgan fingerprint density at radius 1 is 0.919 bits per heavy atom. The highest BCUT2D eigenvalue weighted by Gasteiger charge is 2.66. The number of hydrogen-bond acceptors (Lipinski definition) is 10. The van der Waals surface area contributed by atoms with Gasteiger partial charge in [-0.2, -0.15) is 0 Å². The predicted molar refractivity (Wildman–Crippen MR) is 131 cm³/mol. The first-order chi connectivity index (χ1) is 17.2. The maximum absolute atomic E-state index is 14.7. The first-order valence-corrected chi connectivity index (χ1v) is 11.7. The van der Waals surface area contributed by atoms with Crippen LogP contribution >= 0.6 is 0 Å². The number of carboxylic acid groups (broad SMARTS) is 1. The molecule has 0 saturated carbocycles. The van der Waals surface area contributed by atoms with Crippen molar-refractivity contribution in [2.75, 3.05) is 21.1 Å². The molecular formula is C24H41N3O10. The summed E-state index contributed by atoms with van der Waals surface area (Å²) in [6.45, 7) is 7.73. The van der Waals surface area contributed by atoms with Gasteiger partial charge in [-0.15, -0.1) is 0 Å². The van der Waals surface area contributed by atoms with Crippen LogP contribution in [0.5, 0.6) is 0 Å². The Hall–Kier alpha value is -2.74. The molecule has 13 heteroatoms. The van der Waals surface area contributed by atoms with E-state index in [0.29, 0.717) is 16.7 Å². The highest BCUT2D eigenvalue weighted by Crippen LogP contribution is 2.38. The molecule has 0 aliphatic carbocycles. The zero-order valence-corrected chi connectivity index (χ0v) is 22.9. The van der Waals surface area contributed by atoms with Gasteiger partial charge in [0.1, 0.15) is 12.2 Å². The smallest absolute Gasteiger partial charge is 0.343 e. The molecule has 0 unspecified atom stereocenters. The lowest BCUT2D eigenvalue weighted by molar-refractivity contribution is -0.178. The van der Waals surface area contributed by atoms with E-state index in [2.05, 4.69) is 5.32 Å². The summed E-state index contributed by atoms with van der Waals surface area (Å²) in [7, 11) is 1.23. The van der Waals surface area contributed by atoms with Crippen molar-refractivity contribution in [1.29, 1.82) is 0 Å². The van der Waals surface area contributed by atoms with E-state index in [4.69, 9.17) is 1.37 Å². The number of Topliss-reactive ketones (excluding diaryl/α,β-unsaturated/α-hetero) is 3. The third kappa shape index (κ3) is 5.74. The second-order valence-electron chi connectivity index (χ2n) is 9.57. The zero-order valence-electron chi connectivity index (χ0n) is 23.9. The summed E-state index contributed by atoms with van der Waals surface area (Å²) >= 11 is 0. The van der Waals surface area contributed by atoms with Crippen LogP contribution in [0.2, 0.25) is 0 Å². The third-order valence-electron chi connectivity index (χ3n) is 7.02. The molecule has 0 fully saturated rings. The van der Waals surface area contributed by atoms with Crippen molar-refractivity contribution in [1.82, 2.24) is 15.1 Å². The molecule has 0 aliphatic heterocycles. The quantitative estimate of drug-likeness (QED) is 0.161. The maximum atomic E-state index is 14.7. The lowest BCUT2D eigenvalue weighted by Gasteiger charge is -2.50. The normalized spacial score (nSPS) is 19.9. The van der Waals surface area contributed by atoms with Gasteiger partial charge in [-0.25, -0.2) is 4.79 Å². The van der Waals surface area contributed by atoms with Gasteiger partial charge in [-0.1, -0.05) is 20.3 Å². The molecule has 7 atom stereocenters. The van der Waals surface area contributed by atoms with E-state index < -0.39 is 83.0 Å². The highest BCUT2D eigenvalue weighted by molar-refractivity contribution is 6.30. The molecule has 0 radical (unpaired) electrons. The number of carbonyl (C=O) groups excluding carboxylic acids is 5. The van der Waals surface area contributed by atoms with E-state index in [1.807, 2.05) is 0 Å². The summed E-state index contributed by atoms with van der Waals surface area (Å²) < 4.78 is 8.08. The number of likely N-dealkylation sites (N-methyl/N-ethyl adjacent to an activating group) is 3. The van der Waals surface area contributed by atoms with Crippen LogP contribution in [-0.2, 0) is 28.8 Å². The van der Waals surface area contributed by atoms with Gasteiger partial charge in [0.25, 0.3) is 11.8 Å². The number of ketones is 3. The summed E-state index contributed by atoms with van der Waals surface area (Å²) in [4.78, 5) is 81.3. The number of aliphatic carboxylic acids is 1. The van der Waals surface area contributed by atoms with E-state index in [0.717, 1.165) is 27.8 Å². The van der Waals surface area contributed by atoms with Crippen molar-refractivity contribution in [2.45, 2.75) is 89.8 Å². The van der Waals surface area contributed by atoms with E-state index >= 15 is 0 Å². The minimum Gasteiger partial charge on any atom is -0.479 e. The molecule has 0 aromatic heterocycles. The molecule has 2 amide bonds. The number of amides is 2. The molecule has 0 heterocycles. The first-order valence-electron chi connectivity index (χ1n) is 12.4. The minimum atomic E-state index is -3.27. The van der Waals surface area contributed by atoms with Gasteiger partial charge in [-0.05, 0) is 47.6 Å². The zero-order chi connectivity index (χ0) is 30.5. The average molecular weight is 533 g/mol. The van der Waals surface area contributed by atoms with Crippen LogP contribution in [0.25, 0.3) is 0 Å². The van der Waals surface area contributed by atoms with Crippen molar-refractivity contribution >= 4 is 35.1 Å². The number of hydrogen-bond donors (Lipinski definition) is 5. The van der Waals surface area contributed by atoms with Gasteiger partial charge in [0, 0.05) is 15.4 Å². The van der Waals surface area contributed by atoms with Crippen LogP contribution in [0.3, 0.4) is 0 Å². The summed E-state index contributed by atoms with van der Waals surface area (Å²) in [5.74, 6) is -9.89. The van der Waals surface area contributed by atoms with Crippen LogP contribution < -0.4 is 5.32 Å². The molecule has 5 N–H and O–H groups in total. The fourth-order valence-electron chi connectivity index (χ4n) is 4.11. The Kier molecular flexibility index (Phi) is 10.6. The van der Waals surface area contributed by atoms with E-state index in [-0.39, 0.29) is 6.42 Å². The summed E-state index contributed by atoms with van der Waals surface area (Å²) in [5.41, 5.74) is -8.94. The molecule has 13 nitrogen and oxygen atoms in total. The molecule has 0 saturated heterocycles. The summed E-state index contributed by atoms with van der Waals surface area (Å²) in [5, 5.41) is 42.8. The highest BCUT2D eigenvalue weighted by atomic mass is 16.4. The average Bonchev–Trinajstić information content (AvgIpc) is 2.87. The molecule has 0 bridgehead atoms. The Labute approximate surface area is 218 Å². The van der Waals surface area contributed by atoms with Gasteiger partial charge in [-0.3, -0.25) is 24.0 Å². The molecule has 37 heavy (non-hydrogen) atoms. The number of carboxylic acids is 1. The number of carbonyl (C=O) groups is 6. The summed E-state index contributed by atoms with van der Waals surface area (Å²) in [6.07, 6.45) is -3.59. The Balaban J connectivity index is 8.13. The predicted octanol–water partition coefficient (Wildman–Crippen LogP) is -1.64. The molecular weight excluding hydrogens is 490 g/mol. The monoisotopic (exact) mass is 532 g/mol. The number of nitrogens with zero attached hydrogens (tertiary/aromatic N) is 2. The van der Waals surface area contributed by atoms with Crippen LogP contribution in [0.15, 0.2) is 0 Å². The van der Waals surface area contributed by atoms with Gasteiger partial charge in [0.05, 0.1) is 6.04 Å². The van der Waals surface area contributed by atoms with Crippen molar-refractivity contribution in [2.24, 2.45) is 5.92 Å². The Morgan fingerprint density at radius 2 is 1.35 bits per heavy atom. The third-order valence-corrected chi connectivity index (χ3v) is 7.02. The molecule has 0 aliphatic rings. The molecule has 0 rings (SSSR count). The van der Waals surface area contributed by atoms with E-state index in [1.165, 1.54) is 20.9 Å². The Morgan fingerprint density at radius 3 is 1.68 bits per heavy atom. The lowest BCUT2D eigenvalue weighted by Crippen LogP contribution is -2.77. The molecule has 0 aromatic rings. The van der Waals surface area contributed by atoms with E-state index in [9.17, 15) is 49.2 Å². The van der Waals surface area contributed by atoms with Crippen molar-refractivity contribution in [3.8, 4) is 0 Å². The number of nitrogens with one attached hydrogen (secondary N) is 1. The van der Waals surface area contributed by atoms with Gasteiger partial charge < -0.3 is 35.5 Å². The SMILES string of the molecule is [2H]CN(C(=O)[C@@H](C)O)[C@](C(=O)[C@H](C)NC)(C(=O)[C@](C)(C(=O)[C@](C)(O)C(=O)O)N(C)C(=O)[C@H](C)O)[C@@H](C)CC. The number of rotatable bonds is 14. The minimum absolute atomic E-state index is 0.00512. The number of aliphatic hydroxyl groups is 3. The van der Waals surface area contributed by atoms with Crippen molar-refractivity contribution in [3.05, 3.63) is 0 Å². The van der Waals surface area contributed by atoms with Gasteiger partial charge in [0.15, 0.2) is 22.6 Å². The van der Waals surface area contributed by atoms with Gasteiger partial charge in [0.2, 0.25) is 11.4 Å². The fraction of sp³-hybridized carbons (Fsp3) is 0.750.